The van der Waals surface area contributed by atoms with Crippen LogP contribution >= 0.6 is 11.3 Å². The third kappa shape index (κ3) is 4.38. The molecule has 1 aromatic rings. The second kappa shape index (κ2) is 7.48. The summed E-state index contributed by atoms with van der Waals surface area (Å²) in [6.07, 6.45) is 2.29. The van der Waals surface area contributed by atoms with Crippen LogP contribution in [0.15, 0.2) is 0 Å². The fourth-order valence-corrected chi connectivity index (χ4v) is 5.05. The fraction of sp³-hybridized carbons (Fsp3) is 0.650. The molecule has 2 aliphatic rings. The number of fused-ring (bicyclic) bond motifs is 1. The first-order valence-electron chi connectivity index (χ1n) is 9.63. The smallest absolute Gasteiger partial charge is 0.341 e. The maximum Gasteiger partial charge on any atom is 0.341 e. The zero-order valence-corrected chi connectivity index (χ0v) is 17.9. The van der Waals surface area contributed by atoms with E-state index in [0.29, 0.717) is 17.0 Å². The molecular formula is C20H28N2O5S. The van der Waals surface area contributed by atoms with Gasteiger partial charge >= 0.3 is 11.9 Å². The van der Waals surface area contributed by atoms with Gasteiger partial charge in [0, 0.05) is 16.0 Å². The summed E-state index contributed by atoms with van der Waals surface area (Å²) in [7, 11) is 0. The van der Waals surface area contributed by atoms with Gasteiger partial charge in [-0.15, -0.1) is 11.3 Å². The van der Waals surface area contributed by atoms with E-state index in [2.05, 4.69) is 38.3 Å². The van der Waals surface area contributed by atoms with E-state index in [0.717, 1.165) is 23.3 Å². The number of ether oxygens (including phenoxy) is 2. The Morgan fingerprint density at radius 3 is 2.46 bits per heavy atom. The van der Waals surface area contributed by atoms with E-state index >= 15 is 0 Å². The Hall–Kier alpha value is -1.93. The highest BCUT2D eigenvalue weighted by atomic mass is 32.1. The van der Waals surface area contributed by atoms with E-state index in [1.807, 2.05) is 0 Å². The van der Waals surface area contributed by atoms with Gasteiger partial charge < -0.3 is 20.1 Å². The molecule has 28 heavy (non-hydrogen) atoms. The number of hydrogen-bond acceptors (Lipinski definition) is 7. The van der Waals surface area contributed by atoms with Gasteiger partial charge in [-0.1, -0.05) is 0 Å². The minimum atomic E-state index is -0.455. The molecule has 0 saturated heterocycles. The van der Waals surface area contributed by atoms with Crippen molar-refractivity contribution in [1.82, 2.24) is 5.32 Å². The summed E-state index contributed by atoms with van der Waals surface area (Å²) in [6.45, 7) is 9.93. The lowest BCUT2D eigenvalue weighted by atomic mass is 9.81. The lowest BCUT2D eigenvalue weighted by Crippen LogP contribution is -2.55. The summed E-state index contributed by atoms with van der Waals surface area (Å²) in [5.41, 5.74) is 0.749. The van der Waals surface area contributed by atoms with Crippen molar-refractivity contribution in [2.45, 2.75) is 65.0 Å². The predicted molar refractivity (Wildman–Crippen MR) is 107 cm³/mol. The van der Waals surface area contributed by atoms with Crippen LogP contribution in [0.4, 0.5) is 5.00 Å². The Balaban J connectivity index is 1.87. The standard InChI is InChI=1S/C20H28N2O5S/c1-6-26-18(25)14-12-9-19(2,3)22-20(4,5)15(12)28-16(14)21-13(23)10-27-17(24)11-7-8-11/h11,22H,6-10H2,1-5H3,(H,21,23). The summed E-state index contributed by atoms with van der Waals surface area (Å²) in [4.78, 5) is 37.7. The SMILES string of the molecule is CCOC(=O)c1c(NC(=O)COC(=O)C2CC2)sc2c1CC(C)(C)NC2(C)C. The van der Waals surface area contributed by atoms with Gasteiger partial charge in [-0.05, 0) is 59.4 Å². The number of thiophene rings is 1. The number of nitrogens with one attached hydrogen (secondary N) is 2. The van der Waals surface area contributed by atoms with Crippen molar-refractivity contribution in [3.05, 3.63) is 16.0 Å². The van der Waals surface area contributed by atoms with Crippen LogP contribution in [0.5, 0.6) is 0 Å². The number of hydrogen-bond donors (Lipinski definition) is 2. The average molecular weight is 409 g/mol. The Kier molecular flexibility index (Phi) is 5.55. The first kappa shape index (κ1) is 20.8. The van der Waals surface area contributed by atoms with Crippen LogP contribution < -0.4 is 10.6 Å². The summed E-state index contributed by atoms with van der Waals surface area (Å²) < 4.78 is 10.3. The molecule has 154 valence electrons. The monoisotopic (exact) mass is 408 g/mol. The number of amides is 1. The van der Waals surface area contributed by atoms with Gasteiger partial charge in [0.1, 0.15) is 5.00 Å². The van der Waals surface area contributed by atoms with Crippen LogP contribution in [0.3, 0.4) is 0 Å². The van der Waals surface area contributed by atoms with Crippen LogP contribution in [-0.4, -0.2) is 36.6 Å². The summed E-state index contributed by atoms with van der Waals surface area (Å²) >= 11 is 1.37. The molecule has 1 amide bonds. The number of carbonyl (C=O) groups is 3. The molecule has 2 N–H and O–H groups in total. The Bertz CT molecular complexity index is 808. The quantitative estimate of drug-likeness (QED) is 0.703. The first-order chi connectivity index (χ1) is 13.0. The van der Waals surface area contributed by atoms with Crippen molar-refractivity contribution in [2.24, 2.45) is 5.92 Å². The maximum atomic E-state index is 12.7. The molecule has 1 aliphatic heterocycles. The van der Waals surface area contributed by atoms with E-state index in [-0.39, 0.29) is 36.2 Å². The van der Waals surface area contributed by atoms with Crippen molar-refractivity contribution in [1.29, 1.82) is 0 Å². The van der Waals surface area contributed by atoms with E-state index in [1.54, 1.807) is 6.92 Å². The van der Waals surface area contributed by atoms with E-state index in [4.69, 9.17) is 9.47 Å². The van der Waals surface area contributed by atoms with Crippen molar-refractivity contribution in [3.63, 3.8) is 0 Å². The van der Waals surface area contributed by atoms with Gasteiger partial charge in [-0.3, -0.25) is 9.59 Å². The fourth-order valence-electron chi connectivity index (χ4n) is 3.77. The van der Waals surface area contributed by atoms with Gasteiger partial charge in [-0.2, -0.15) is 0 Å². The number of anilines is 1. The number of carbonyl (C=O) groups excluding carboxylic acids is 3. The van der Waals surface area contributed by atoms with Crippen LogP contribution in [0, 0.1) is 5.92 Å². The van der Waals surface area contributed by atoms with Crippen molar-refractivity contribution >= 4 is 34.2 Å². The molecule has 1 saturated carbocycles. The van der Waals surface area contributed by atoms with Crippen LogP contribution in [-0.2, 0) is 31.0 Å². The highest BCUT2D eigenvalue weighted by Gasteiger charge is 2.42. The Morgan fingerprint density at radius 2 is 1.86 bits per heavy atom. The number of rotatable bonds is 6. The highest BCUT2D eigenvalue weighted by molar-refractivity contribution is 7.17. The summed E-state index contributed by atoms with van der Waals surface area (Å²) in [5, 5.41) is 6.80. The summed E-state index contributed by atoms with van der Waals surface area (Å²) in [5.74, 6) is -1.30. The molecule has 1 aliphatic carbocycles. The minimum Gasteiger partial charge on any atom is -0.462 e. The average Bonchev–Trinajstić information content (AvgIpc) is 3.34. The molecule has 3 rings (SSSR count). The Labute approximate surface area is 169 Å². The van der Waals surface area contributed by atoms with Crippen LogP contribution in [0.1, 0.15) is 68.3 Å². The third-order valence-corrected chi connectivity index (χ3v) is 6.30. The molecule has 0 radical (unpaired) electrons. The predicted octanol–water partition coefficient (Wildman–Crippen LogP) is 2.98. The topological polar surface area (TPSA) is 93.7 Å². The molecule has 0 unspecified atom stereocenters. The number of esters is 2. The van der Waals surface area contributed by atoms with Gasteiger partial charge in [-0.25, -0.2) is 4.79 Å². The molecule has 1 aromatic heterocycles. The Morgan fingerprint density at radius 1 is 1.18 bits per heavy atom. The van der Waals surface area contributed by atoms with Crippen LogP contribution in [0.2, 0.25) is 0 Å². The van der Waals surface area contributed by atoms with Crippen molar-refractivity contribution in [3.8, 4) is 0 Å². The minimum absolute atomic E-state index is 0.0638. The van der Waals surface area contributed by atoms with Gasteiger partial charge in [0.2, 0.25) is 0 Å². The molecule has 7 nitrogen and oxygen atoms in total. The maximum absolute atomic E-state index is 12.7. The third-order valence-electron chi connectivity index (χ3n) is 4.83. The van der Waals surface area contributed by atoms with Crippen molar-refractivity contribution < 1.29 is 23.9 Å². The van der Waals surface area contributed by atoms with E-state index in [1.165, 1.54) is 11.3 Å². The molecule has 8 heteroatoms. The largest absolute Gasteiger partial charge is 0.462 e. The molecule has 2 heterocycles. The zero-order valence-electron chi connectivity index (χ0n) is 17.1. The van der Waals surface area contributed by atoms with Gasteiger partial charge in [0.05, 0.1) is 18.1 Å². The van der Waals surface area contributed by atoms with E-state index < -0.39 is 11.9 Å². The second-order valence-electron chi connectivity index (χ2n) is 8.58. The molecule has 0 bridgehead atoms. The van der Waals surface area contributed by atoms with Crippen LogP contribution in [0.25, 0.3) is 0 Å². The molecular weight excluding hydrogens is 380 g/mol. The summed E-state index contributed by atoms with van der Waals surface area (Å²) in [6, 6.07) is 0. The molecule has 1 fully saturated rings. The van der Waals surface area contributed by atoms with Gasteiger partial charge in [0.15, 0.2) is 6.61 Å². The van der Waals surface area contributed by atoms with Gasteiger partial charge in [0.25, 0.3) is 5.91 Å². The highest BCUT2D eigenvalue weighted by Crippen LogP contribution is 2.45. The molecule has 0 atom stereocenters. The lowest BCUT2D eigenvalue weighted by molar-refractivity contribution is -0.148. The zero-order chi connectivity index (χ0) is 20.7. The first-order valence-corrected chi connectivity index (χ1v) is 10.4. The second-order valence-corrected chi connectivity index (χ2v) is 9.60. The lowest BCUT2D eigenvalue weighted by Gasteiger charge is -2.42. The van der Waals surface area contributed by atoms with Crippen molar-refractivity contribution in [2.75, 3.05) is 18.5 Å². The molecule has 0 aromatic carbocycles. The molecule has 0 spiro atoms. The normalized spacial score (nSPS) is 19.5. The van der Waals surface area contributed by atoms with E-state index in [9.17, 15) is 14.4 Å².